The van der Waals surface area contributed by atoms with Crippen LogP contribution in [0.4, 0.5) is 4.39 Å². The molecule has 1 aliphatic carbocycles. The number of ether oxygens (including phenoxy) is 1. The number of thioether (sulfide) groups is 1. The zero-order chi connectivity index (χ0) is 20.5. The Balaban J connectivity index is 1.67. The number of esters is 1. The minimum absolute atomic E-state index is 0.0751. The number of amidine groups is 1. The van der Waals surface area contributed by atoms with Crippen LogP contribution in [-0.2, 0) is 14.3 Å². The molecule has 8 heteroatoms. The van der Waals surface area contributed by atoms with Crippen LogP contribution in [0.25, 0.3) is 0 Å². The largest absolute Gasteiger partial charge is 0.466 e. The monoisotopic (exact) mass is 415 g/mol. The molecule has 0 spiro atoms. The second-order valence-corrected chi connectivity index (χ2v) is 8.20. The van der Waals surface area contributed by atoms with Crippen molar-refractivity contribution in [3.8, 4) is 0 Å². The predicted octanol–water partition coefficient (Wildman–Crippen LogP) is 3.49. The molecule has 2 heterocycles. The molecule has 4 rings (SSSR count). The third kappa shape index (κ3) is 4.07. The van der Waals surface area contributed by atoms with Gasteiger partial charge in [0.15, 0.2) is 5.17 Å². The highest BCUT2D eigenvalue weighted by molar-refractivity contribution is 8.16. The molecule has 1 atom stereocenters. The number of nitrogens with one attached hydrogen (secondary N) is 1. The first-order valence-electron chi connectivity index (χ1n) is 9.52. The van der Waals surface area contributed by atoms with Gasteiger partial charge < -0.3 is 15.0 Å². The Bertz CT molecular complexity index is 952. The molecule has 0 saturated heterocycles. The molecular formula is C21H22FN3O3S. The van der Waals surface area contributed by atoms with Gasteiger partial charge in [-0.3, -0.25) is 4.79 Å². The zero-order valence-corrected chi connectivity index (χ0v) is 17.1. The Hall–Kier alpha value is -2.61. The summed E-state index contributed by atoms with van der Waals surface area (Å²) in [5.74, 6) is -0.398. The molecule has 3 aliphatic rings. The summed E-state index contributed by atoms with van der Waals surface area (Å²) in [6.07, 6.45) is 2.49. The number of carbonyl (C=O) groups is 2. The molecule has 6 nitrogen and oxygen atoms in total. The summed E-state index contributed by atoms with van der Waals surface area (Å²) in [6.45, 7) is 2.43. The summed E-state index contributed by atoms with van der Waals surface area (Å²) >= 11 is 1.39. The van der Waals surface area contributed by atoms with E-state index >= 15 is 0 Å². The molecule has 1 N–H and O–H groups in total. The van der Waals surface area contributed by atoms with Crippen LogP contribution in [0.1, 0.15) is 37.8 Å². The van der Waals surface area contributed by atoms with E-state index in [1.54, 1.807) is 19.1 Å². The Morgan fingerprint density at radius 1 is 1.38 bits per heavy atom. The number of rotatable bonds is 6. The molecular weight excluding hydrogens is 393 g/mol. The lowest BCUT2D eigenvalue weighted by atomic mass is 9.94. The topological polar surface area (TPSA) is 71.0 Å². The number of amides is 1. The lowest BCUT2D eigenvalue weighted by Crippen LogP contribution is -2.38. The van der Waals surface area contributed by atoms with Crippen molar-refractivity contribution in [1.82, 2.24) is 10.2 Å². The number of benzene rings is 1. The number of hydrogen-bond acceptors (Lipinski definition) is 6. The summed E-state index contributed by atoms with van der Waals surface area (Å²) < 4.78 is 19.0. The fourth-order valence-electron chi connectivity index (χ4n) is 3.54. The fourth-order valence-corrected chi connectivity index (χ4v) is 4.50. The van der Waals surface area contributed by atoms with Gasteiger partial charge in [0.2, 0.25) is 5.91 Å². The van der Waals surface area contributed by atoms with Gasteiger partial charge in [0.1, 0.15) is 5.82 Å². The van der Waals surface area contributed by atoms with E-state index in [2.05, 4.69) is 10.3 Å². The number of allylic oxidation sites excluding steroid dienone is 1. The van der Waals surface area contributed by atoms with Crippen LogP contribution in [0.3, 0.4) is 0 Å². The minimum atomic E-state index is -0.608. The van der Waals surface area contributed by atoms with E-state index < -0.39 is 17.8 Å². The zero-order valence-electron chi connectivity index (χ0n) is 16.3. The lowest BCUT2D eigenvalue weighted by Gasteiger charge is -2.36. The van der Waals surface area contributed by atoms with Gasteiger partial charge in [0.25, 0.3) is 0 Å². The highest BCUT2D eigenvalue weighted by Crippen LogP contribution is 2.44. The fraction of sp³-hybridized carbons (Fsp3) is 0.381. The van der Waals surface area contributed by atoms with E-state index in [1.807, 2.05) is 10.3 Å². The van der Waals surface area contributed by atoms with Crippen molar-refractivity contribution in [2.45, 2.75) is 32.2 Å². The standard InChI is InChI=1S/C21H22FN3O3S/c1-12-18(20(27)28-2)19(14-4-3-5-15(22)8-14)25-16(11-29-21(25)24-12)9-17(26)23-10-13-6-7-13/h3-5,8,11,13,19H,6-7,9-10H2,1-2H3,(H,23,26)/t19-/m1/s1. The van der Waals surface area contributed by atoms with E-state index in [1.165, 1.54) is 31.0 Å². The molecule has 152 valence electrons. The number of carbonyl (C=O) groups excluding carboxylic acids is 2. The van der Waals surface area contributed by atoms with Crippen molar-refractivity contribution in [2.75, 3.05) is 13.7 Å². The van der Waals surface area contributed by atoms with E-state index in [9.17, 15) is 14.0 Å². The maximum atomic E-state index is 14.0. The number of aliphatic imine (C=N–C) groups is 1. The van der Waals surface area contributed by atoms with Gasteiger partial charge in [-0.25, -0.2) is 14.2 Å². The van der Waals surface area contributed by atoms with Gasteiger partial charge in [0.05, 0.1) is 30.8 Å². The van der Waals surface area contributed by atoms with Gasteiger partial charge in [-0.2, -0.15) is 0 Å². The van der Waals surface area contributed by atoms with Gasteiger partial charge >= 0.3 is 5.97 Å². The Morgan fingerprint density at radius 3 is 2.86 bits per heavy atom. The molecule has 1 saturated carbocycles. The summed E-state index contributed by atoms with van der Waals surface area (Å²) in [4.78, 5) is 31.4. The van der Waals surface area contributed by atoms with Crippen molar-refractivity contribution in [1.29, 1.82) is 0 Å². The van der Waals surface area contributed by atoms with E-state index in [0.29, 0.717) is 34.5 Å². The quantitative estimate of drug-likeness (QED) is 0.721. The summed E-state index contributed by atoms with van der Waals surface area (Å²) in [5, 5.41) is 5.50. The van der Waals surface area contributed by atoms with Crippen LogP contribution in [0.2, 0.25) is 0 Å². The van der Waals surface area contributed by atoms with Crippen LogP contribution >= 0.6 is 11.8 Å². The van der Waals surface area contributed by atoms with Crippen molar-refractivity contribution < 1.29 is 18.7 Å². The second-order valence-electron chi connectivity index (χ2n) is 7.36. The number of methoxy groups -OCH3 is 1. The lowest BCUT2D eigenvalue weighted by molar-refractivity contribution is -0.136. The van der Waals surface area contributed by atoms with Crippen LogP contribution in [0.5, 0.6) is 0 Å². The first kappa shape index (κ1) is 19.7. The van der Waals surface area contributed by atoms with Crippen LogP contribution in [0, 0.1) is 11.7 Å². The molecule has 0 aromatic heterocycles. The third-order valence-corrected chi connectivity index (χ3v) is 6.09. The summed E-state index contributed by atoms with van der Waals surface area (Å²) in [6, 6.07) is 5.52. The normalized spacial score (nSPS) is 20.8. The molecule has 1 fully saturated rings. The molecule has 0 radical (unpaired) electrons. The molecule has 0 unspecified atom stereocenters. The van der Waals surface area contributed by atoms with Gasteiger partial charge in [-0.1, -0.05) is 23.9 Å². The smallest absolute Gasteiger partial charge is 0.338 e. The first-order chi connectivity index (χ1) is 14.0. The van der Waals surface area contributed by atoms with Crippen LogP contribution in [0.15, 0.2) is 51.6 Å². The average molecular weight is 415 g/mol. The summed E-state index contributed by atoms with van der Waals surface area (Å²) in [7, 11) is 1.31. The van der Waals surface area contributed by atoms with Crippen molar-refractivity contribution in [3.05, 3.63) is 58.0 Å². The molecule has 29 heavy (non-hydrogen) atoms. The maximum Gasteiger partial charge on any atom is 0.338 e. The van der Waals surface area contributed by atoms with E-state index in [0.717, 1.165) is 18.5 Å². The molecule has 1 amide bonds. The van der Waals surface area contributed by atoms with Gasteiger partial charge in [-0.15, -0.1) is 0 Å². The van der Waals surface area contributed by atoms with Crippen molar-refractivity contribution >= 4 is 28.8 Å². The number of fused-ring (bicyclic) bond motifs is 1. The summed E-state index contributed by atoms with van der Waals surface area (Å²) in [5.41, 5.74) is 2.19. The van der Waals surface area contributed by atoms with Crippen LogP contribution in [-0.4, -0.2) is 35.6 Å². The average Bonchev–Trinajstić information content (AvgIpc) is 3.46. The number of halogens is 1. The number of nitrogens with zero attached hydrogens (tertiary/aromatic N) is 2. The van der Waals surface area contributed by atoms with Gasteiger partial charge in [-0.05, 0) is 48.8 Å². The molecule has 1 aromatic rings. The molecule has 0 bridgehead atoms. The Labute approximate surface area is 172 Å². The minimum Gasteiger partial charge on any atom is -0.466 e. The molecule has 2 aliphatic heterocycles. The third-order valence-electron chi connectivity index (χ3n) is 5.20. The van der Waals surface area contributed by atoms with E-state index in [-0.39, 0.29) is 12.3 Å². The van der Waals surface area contributed by atoms with E-state index in [4.69, 9.17) is 4.74 Å². The Kier molecular flexibility index (Phi) is 5.45. The van der Waals surface area contributed by atoms with Crippen molar-refractivity contribution in [2.24, 2.45) is 10.9 Å². The highest BCUT2D eigenvalue weighted by Gasteiger charge is 2.41. The SMILES string of the molecule is COC(=O)C1=C(C)N=C2SC=C(CC(=O)NCC3CC3)N2[C@@H]1c1cccc(F)c1. The first-order valence-corrected chi connectivity index (χ1v) is 10.4. The highest BCUT2D eigenvalue weighted by atomic mass is 32.2. The number of hydrogen-bond donors (Lipinski definition) is 1. The van der Waals surface area contributed by atoms with Crippen LogP contribution < -0.4 is 5.32 Å². The second kappa shape index (κ2) is 8.02. The predicted molar refractivity (Wildman–Crippen MR) is 109 cm³/mol. The Morgan fingerprint density at radius 2 is 2.17 bits per heavy atom. The maximum absolute atomic E-state index is 14.0. The molecule has 1 aromatic carbocycles. The van der Waals surface area contributed by atoms with Crippen molar-refractivity contribution in [3.63, 3.8) is 0 Å². The van der Waals surface area contributed by atoms with Gasteiger partial charge in [0, 0.05) is 12.2 Å².